The minimum absolute atomic E-state index is 0.00339. The monoisotopic (exact) mass is 436 g/mol. The van der Waals surface area contributed by atoms with Crippen LogP contribution in [-0.2, 0) is 27.1 Å². The maximum absolute atomic E-state index is 12.8. The number of aryl methyl sites for hydroxylation is 1. The lowest BCUT2D eigenvalue weighted by Gasteiger charge is -2.30. The van der Waals surface area contributed by atoms with Crippen molar-refractivity contribution in [3.8, 4) is 0 Å². The average Bonchev–Trinajstić information content (AvgIpc) is 2.77. The third-order valence-corrected chi connectivity index (χ3v) is 7.83. The number of carbonyl (C=O) groups excluding carboxylic acids is 1. The van der Waals surface area contributed by atoms with E-state index in [9.17, 15) is 13.2 Å². The molecular weight excluding hydrogens is 408 g/mol. The zero-order chi connectivity index (χ0) is 21.8. The van der Waals surface area contributed by atoms with Gasteiger partial charge in [0, 0.05) is 25.6 Å². The fraction of sp³-hybridized carbons (Fsp3) is 0.320. The molecule has 31 heavy (non-hydrogen) atoms. The number of sulfonamides is 1. The van der Waals surface area contributed by atoms with Gasteiger partial charge in [0.2, 0.25) is 15.9 Å². The van der Waals surface area contributed by atoms with E-state index in [0.717, 1.165) is 27.5 Å². The van der Waals surface area contributed by atoms with Crippen LogP contribution < -0.4 is 5.32 Å². The molecule has 1 aliphatic rings. The molecule has 0 aliphatic carbocycles. The van der Waals surface area contributed by atoms with Crippen molar-refractivity contribution in [2.45, 2.75) is 32.1 Å². The lowest BCUT2D eigenvalue weighted by atomic mass is 9.97. The van der Waals surface area contributed by atoms with Crippen molar-refractivity contribution in [3.63, 3.8) is 0 Å². The first-order chi connectivity index (χ1) is 14.9. The van der Waals surface area contributed by atoms with E-state index < -0.39 is 10.0 Å². The molecule has 0 saturated carbocycles. The first kappa shape index (κ1) is 21.5. The average molecular weight is 437 g/mol. The van der Waals surface area contributed by atoms with E-state index in [-0.39, 0.29) is 17.6 Å². The molecule has 0 bridgehead atoms. The van der Waals surface area contributed by atoms with Gasteiger partial charge in [-0.1, -0.05) is 72.3 Å². The molecule has 1 heterocycles. The van der Waals surface area contributed by atoms with Gasteiger partial charge >= 0.3 is 0 Å². The molecule has 3 aromatic carbocycles. The summed E-state index contributed by atoms with van der Waals surface area (Å²) >= 11 is 0. The van der Waals surface area contributed by atoms with Crippen molar-refractivity contribution in [1.29, 1.82) is 0 Å². The Bertz CT molecular complexity index is 1180. The number of carbonyl (C=O) groups is 1. The summed E-state index contributed by atoms with van der Waals surface area (Å²) < 4.78 is 27.1. The highest BCUT2D eigenvalue weighted by atomic mass is 32.2. The van der Waals surface area contributed by atoms with Crippen LogP contribution in [0.15, 0.2) is 66.7 Å². The highest BCUT2D eigenvalue weighted by molar-refractivity contribution is 7.88. The first-order valence-corrected chi connectivity index (χ1v) is 12.3. The number of amides is 1. The molecule has 0 spiro atoms. The Morgan fingerprint density at radius 3 is 2.48 bits per heavy atom. The molecule has 1 saturated heterocycles. The summed E-state index contributed by atoms with van der Waals surface area (Å²) in [5.41, 5.74) is 2.94. The lowest BCUT2D eigenvalue weighted by molar-refractivity contribution is -0.126. The lowest BCUT2D eigenvalue weighted by Crippen LogP contribution is -2.43. The Labute approximate surface area is 184 Å². The number of fused-ring (bicyclic) bond motifs is 1. The smallest absolute Gasteiger partial charge is 0.223 e. The number of hydrogen-bond donors (Lipinski definition) is 1. The van der Waals surface area contributed by atoms with Crippen LogP contribution in [-0.4, -0.2) is 31.7 Å². The van der Waals surface area contributed by atoms with Crippen LogP contribution in [0.1, 0.15) is 29.5 Å². The molecule has 6 heteroatoms. The van der Waals surface area contributed by atoms with Crippen molar-refractivity contribution in [2.75, 3.05) is 13.1 Å². The van der Waals surface area contributed by atoms with Crippen LogP contribution in [0.5, 0.6) is 0 Å². The van der Waals surface area contributed by atoms with Crippen molar-refractivity contribution in [3.05, 3.63) is 83.4 Å². The highest BCUT2D eigenvalue weighted by Gasteiger charge is 2.31. The van der Waals surface area contributed by atoms with Crippen molar-refractivity contribution in [2.24, 2.45) is 5.92 Å². The van der Waals surface area contributed by atoms with E-state index in [2.05, 4.69) is 23.5 Å². The van der Waals surface area contributed by atoms with Crippen molar-refractivity contribution < 1.29 is 13.2 Å². The van der Waals surface area contributed by atoms with E-state index >= 15 is 0 Å². The fourth-order valence-corrected chi connectivity index (χ4v) is 5.82. The molecule has 4 rings (SSSR count). The summed E-state index contributed by atoms with van der Waals surface area (Å²) in [7, 11) is -3.38. The summed E-state index contributed by atoms with van der Waals surface area (Å²) in [5, 5.41) is 5.35. The van der Waals surface area contributed by atoms with Gasteiger partial charge in [0.1, 0.15) is 0 Å². The van der Waals surface area contributed by atoms with Gasteiger partial charge < -0.3 is 5.32 Å². The normalized spacial score (nSPS) is 15.8. The Kier molecular flexibility index (Phi) is 6.39. The van der Waals surface area contributed by atoms with Gasteiger partial charge in [-0.2, -0.15) is 0 Å². The zero-order valence-electron chi connectivity index (χ0n) is 17.8. The van der Waals surface area contributed by atoms with Crippen LogP contribution in [0.2, 0.25) is 0 Å². The number of rotatable bonds is 6. The standard InChI is InChI=1S/C25H28N2O3S/c1-19-6-4-7-20(16-19)18-31(29,30)27-14-12-22(13-15-27)25(28)26-17-23-10-5-9-21-8-2-3-11-24(21)23/h2-11,16,22H,12-15,17-18H2,1H3,(H,26,28). The van der Waals surface area contributed by atoms with E-state index in [4.69, 9.17) is 0 Å². The molecule has 1 fully saturated rings. The Hall–Kier alpha value is -2.70. The van der Waals surface area contributed by atoms with E-state index in [1.54, 1.807) is 0 Å². The Morgan fingerprint density at radius 1 is 1.00 bits per heavy atom. The van der Waals surface area contributed by atoms with Crippen molar-refractivity contribution in [1.82, 2.24) is 9.62 Å². The number of nitrogens with one attached hydrogen (secondary N) is 1. The largest absolute Gasteiger partial charge is 0.352 e. The topological polar surface area (TPSA) is 66.5 Å². The number of nitrogens with zero attached hydrogens (tertiary/aromatic N) is 1. The second kappa shape index (κ2) is 9.20. The van der Waals surface area contributed by atoms with Gasteiger partial charge in [0.05, 0.1) is 5.75 Å². The van der Waals surface area contributed by atoms with Crippen LogP contribution >= 0.6 is 0 Å². The molecule has 3 aromatic rings. The third-order valence-electron chi connectivity index (χ3n) is 5.98. The number of benzene rings is 3. The predicted octanol–water partition coefficient (Wildman–Crippen LogP) is 4.01. The summed E-state index contributed by atoms with van der Waals surface area (Å²) in [5.74, 6) is -0.142. The Morgan fingerprint density at radius 2 is 1.71 bits per heavy atom. The number of hydrogen-bond acceptors (Lipinski definition) is 3. The van der Waals surface area contributed by atoms with Gasteiger partial charge in [0.25, 0.3) is 0 Å². The van der Waals surface area contributed by atoms with Gasteiger partial charge in [-0.15, -0.1) is 0 Å². The molecule has 1 N–H and O–H groups in total. The Balaban J connectivity index is 1.32. The van der Waals surface area contributed by atoms with Crippen LogP contribution in [0.4, 0.5) is 0 Å². The van der Waals surface area contributed by atoms with Crippen LogP contribution in [0, 0.1) is 12.8 Å². The van der Waals surface area contributed by atoms with Gasteiger partial charge in [0.15, 0.2) is 0 Å². The van der Waals surface area contributed by atoms with E-state index in [0.29, 0.717) is 32.5 Å². The second-order valence-electron chi connectivity index (χ2n) is 8.27. The third kappa shape index (κ3) is 5.14. The highest BCUT2D eigenvalue weighted by Crippen LogP contribution is 2.23. The molecule has 0 radical (unpaired) electrons. The van der Waals surface area contributed by atoms with Gasteiger partial charge in [-0.25, -0.2) is 12.7 Å². The zero-order valence-corrected chi connectivity index (χ0v) is 18.6. The predicted molar refractivity (Wildman–Crippen MR) is 124 cm³/mol. The summed E-state index contributed by atoms with van der Waals surface area (Å²) in [6.07, 6.45) is 1.10. The molecule has 0 aromatic heterocycles. The minimum Gasteiger partial charge on any atom is -0.352 e. The van der Waals surface area contributed by atoms with Gasteiger partial charge in [-0.05, 0) is 41.7 Å². The summed E-state index contributed by atoms with van der Waals surface area (Å²) in [4.78, 5) is 12.7. The van der Waals surface area contributed by atoms with Crippen LogP contribution in [0.25, 0.3) is 10.8 Å². The molecule has 0 unspecified atom stereocenters. The molecule has 0 atom stereocenters. The molecular formula is C25H28N2O3S. The van der Waals surface area contributed by atoms with E-state index in [1.807, 2.05) is 55.5 Å². The SMILES string of the molecule is Cc1cccc(CS(=O)(=O)N2CCC(C(=O)NCc3cccc4ccccc34)CC2)c1. The minimum atomic E-state index is -3.38. The maximum Gasteiger partial charge on any atom is 0.223 e. The van der Waals surface area contributed by atoms with Crippen LogP contribution in [0.3, 0.4) is 0 Å². The molecule has 5 nitrogen and oxygen atoms in total. The first-order valence-electron chi connectivity index (χ1n) is 10.7. The molecule has 1 aliphatic heterocycles. The molecule has 1 amide bonds. The fourth-order valence-electron chi connectivity index (χ4n) is 4.27. The maximum atomic E-state index is 12.8. The quantitative estimate of drug-likeness (QED) is 0.635. The number of piperidine rings is 1. The second-order valence-corrected chi connectivity index (χ2v) is 10.2. The summed E-state index contributed by atoms with van der Waals surface area (Å²) in [6, 6.07) is 21.8. The summed E-state index contributed by atoms with van der Waals surface area (Å²) in [6.45, 7) is 3.21. The van der Waals surface area contributed by atoms with E-state index in [1.165, 1.54) is 4.31 Å². The van der Waals surface area contributed by atoms with Gasteiger partial charge in [-0.3, -0.25) is 4.79 Å². The van der Waals surface area contributed by atoms with Crippen molar-refractivity contribution >= 4 is 26.7 Å². The molecule has 162 valence electrons.